The summed E-state index contributed by atoms with van der Waals surface area (Å²) in [5.41, 5.74) is 30.1. The molecule has 67 heavy (non-hydrogen) atoms. The van der Waals surface area contributed by atoms with Crippen LogP contribution in [0.5, 0.6) is 11.5 Å². The number of anilines is 2. The molecule has 1 aliphatic carbocycles. The van der Waals surface area contributed by atoms with Gasteiger partial charge in [-0.1, -0.05) is 200 Å². The van der Waals surface area contributed by atoms with Crippen LogP contribution < -0.4 is 11.5 Å². The van der Waals surface area contributed by atoms with Gasteiger partial charge >= 0.3 is 0 Å². The number of nitrogen functional groups attached to an aromatic ring is 2. The van der Waals surface area contributed by atoms with Gasteiger partial charge in [-0.3, -0.25) is 0 Å². The highest BCUT2D eigenvalue weighted by molar-refractivity contribution is 6.10. The van der Waals surface area contributed by atoms with E-state index in [0.717, 1.165) is 89.0 Å². The first-order valence-corrected chi connectivity index (χ1v) is 22.3. The third-order valence-electron chi connectivity index (χ3n) is 13.3. The maximum absolute atomic E-state index is 11.9. The Morgan fingerprint density at radius 1 is 0.358 bits per heavy atom. The quantitative estimate of drug-likeness (QED) is 0.0696. The van der Waals surface area contributed by atoms with E-state index in [9.17, 15) is 10.2 Å². The molecule has 4 nitrogen and oxygen atoms in total. The molecular formula is C63H44N2O2. The number of hydrogen-bond acceptors (Lipinski definition) is 4. The second-order valence-electron chi connectivity index (χ2n) is 17.0. The van der Waals surface area contributed by atoms with Crippen LogP contribution >= 0.6 is 0 Å². The van der Waals surface area contributed by atoms with Gasteiger partial charge in [0.15, 0.2) is 0 Å². The van der Waals surface area contributed by atoms with Gasteiger partial charge in [-0.05, 0) is 119 Å². The normalized spacial score (nSPS) is 12.2. The third kappa shape index (κ3) is 6.56. The van der Waals surface area contributed by atoms with E-state index in [-0.39, 0.29) is 22.9 Å². The third-order valence-corrected chi connectivity index (χ3v) is 13.3. The van der Waals surface area contributed by atoms with E-state index >= 15 is 0 Å². The average molecular weight is 861 g/mol. The molecule has 0 aliphatic heterocycles. The van der Waals surface area contributed by atoms with Crippen LogP contribution in [0.25, 0.3) is 77.9 Å². The highest BCUT2D eigenvalue weighted by Crippen LogP contribution is 2.65. The molecule has 11 rings (SSSR count). The number of terminal acetylenes is 1. The van der Waals surface area contributed by atoms with Crippen LogP contribution in [0.15, 0.2) is 224 Å². The van der Waals surface area contributed by atoms with Gasteiger partial charge < -0.3 is 21.7 Å². The fraction of sp³-hybridized carbons (Fsp3) is 0.0159. The van der Waals surface area contributed by atoms with Crippen molar-refractivity contribution in [1.29, 1.82) is 0 Å². The molecule has 10 aromatic rings. The van der Waals surface area contributed by atoms with E-state index in [1.807, 2.05) is 109 Å². The summed E-state index contributed by atoms with van der Waals surface area (Å²) in [6.07, 6.45) is 6.91. The average Bonchev–Trinajstić information content (AvgIpc) is 3.70. The number of phenolic OH excluding ortho intramolecular Hbond substituents is 2. The van der Waals surface area contributed by atoms with Gasteiger partial charge in [-0.2, -0.15) is 0 Å². The van der Waals surface area contributed by atoms with Crippen LogP contribution in [0.2, 0.25) is 0 Å². The maximum Gasteiger partial charge on any atom is 0.146 e. The molecule has 0 saturated heterocycles. The van der Waals surface area contributed by atoms with Crippen molar-refractivity contribution < 1.29 is 10.2 Å². The molecule has 0 aromatic heterocycles. The number of aromatic hydroxyl groups is 2. The summed E-state index contributed by atoms with van der Waals surface area (Å²) in [6, 6.07) is 76.0. The summed E-state index contributed by atoms with van der Waals surface area (Å²) in [5.74, 6) is 3.19. The molecule has 0 heterocycles. The second-order valence-corrected chi connectivity index (χ2v) is 17.0. The van der Waals surface area contributed by atoms with E-state index in [4.69, 9.17) is 17.9 Å². The van der Waals surface area contributed by atoms with E-state index in [0.29, 0.717) is 16.7 Å². The monoisotopic (exact) mass is 860 g/mol. The Bertz CT molecular complexity index is 3430. The zero-order chi connectivity index (χ0) is 45.6. The second kappa shape index (κ2) is 16.5. The molecule has 10 aromatic carbocycles. The minimum absolute atomic E-state index is 0.0234. The lowest BCUT2D eigenvalue weighted by atomic mass is 9.65. The maximum atomic E-state index is 11.9. The molecule has 0 unspecified atom stereocenters. The van der Waals surface area contributed by atoms with Crippen molar-refractivity contribution in [3.63, 3.8) is 0 Å². The predicted octanol–water partition coefficient (Wildman–Crippen LogP) is 14.6. The zero-order valence-electron chi connectivity index (χ0n) is 36.5. The lowest BCUT2D eigenvalue weighted by molar-refractivity contribution is 0.479. The minimum atomic E-state index is -1.26. The van der Waals surface area contributed by atoms with Crippen LogP contribution in [0.3, 0.4) is 0 Å². The van der Waals surface area contributed by atoms with Gasteiger partial charge in [0.05, 0.1) is 16.8 Å². The summed E-state index contributed by atoms with van der Waals surface area (Å²) in [5, 5.41) is 23.9. The highest BCUT2D eigenvalue weighted by Gasteiger charge is 2.51. The van der Waals surface area contributed by atoms with Crippen LogP contribution in [0, 0.1) is 12.3 Å². The zero-order valence-corrected chi connectivity index (χ0v) is 36.5. The summed E-state index contributed by atoms with van der Waals surface area (Å²) in [4.78, 5) is 0. The van der Waals surface area contributed by atoms with Crippen LogP contribution in [0.1, 0.15) is 27.8 Å². The number of rotatable bonds is 8. The summed E-state index contributed by atoms with van der Waals surface area (Å²) in [6.45, 7) is 0. The largest absolute Gasteiger partial charge is 0.505 e. The molecule has 4 heteroatoms. The van der Waals surface area contributed by atoms with Crippen molar-refractivity contribution in [2.24, 2.45) is 0 Å². The van der Waals surface area contributed by atoms with Crippen molar-refractivity contribution in [3.8, 4) is 102 Å². The number of nitrogens with two attached hydrogens (primary N) is 2. The SMILES string of the molecule is C#Cc1cc(-c2ccccc2)c(-c2ccccc2)c2c1C(c1cc(N)c(O)c(-c3ccccc3)c1)(c1cc(N)c(O)c(-c3ccccc3)c1)c1ccc(-c3ccccc3)c(-c3ccccc3)c1-2. The van der Waals surface area contributed by atoms with Crippen molar-refractivity contribution in [3.05, 3.63) is 252 Å². The Morgan fingerprint density at radius 2 is 0.716 bits per heavy atom. The molecule has 0 saturated carbocycles. The summed E-state index contributed by atoms with van der Waals surface area (Å²) >= 11 is 0. The Hall–Kier alpha value is -9.04. The Balaban J connectivity index is 1.44. The van der Waals surface area contributed by atoms with Crippen molar-refractivity contribution in [2.75, 3.05) is 11.5 Å². The molecule has 0 atom stereocenters. The van der Waals surface area contributed by atoms with E-state index in [1.165, 1.54) is 0 Å². The Labute approximate surface area is 390 Å². The van der Waals surface area contributed by atoms with Crippen molar-refractivity contribution in [2.45, 2.75) is 5.41 Å². The van der Waals surface area contributed by atoms with Gasteiger partial charge in [0.1, 0.15) is 11.5 Å². The topological polar surface area (TPSA) is 92.5 Å². The number of phenols is 2. The van der Waals surface area contributed by atoms with Gasteiger partial charge in [-0.15, -0.1) is 6.42 Å². The first-order valence-electron chi connectivity index (χ1n) is 22.3. The molecule has 0 fully saturated rings. The number of fused-ring (bicyclic) bond motifs is 3. The highest BCUT2D eigenvalue weighted by atomic mass is 16.3. The summed E-state index contributed by atoms with van der Waals surface area (Å²) in [7, 11) is 0. The standard InChI is InChI=1S/C63H44N2O2/c1-2-40-35-50(42-23-11-4-12-24-42)57(46-31-19-8-20-32-46)59-58-53(34-33-49(41-21-9-3-10-22-41)56(58)45-29-17-7-18-30-45)63(60(40)59,47-36-51(61(66)54(64)38-47)43-25-13-5-14-26-43)48-37-52(62(67)55(65)39-48)44-27-15-6-16-28-44/h1,3-39,66-67H,64-65H2. The van der Waals surface area contributed by atoms with Gasteiger partial charge in [0, 0.05) is 16.7 Å². The van der Waals surface area contributed by atoms with E-state index in [2.05, 4.69) is 121 Å². The molecular weight excluding hydrogens is 817 g/mol. The Morgan fingerprint density at radius 3 is 1.12 bits per heavy atom. The molecule has 0 amide bonds. The Kier molecular flexibility index (Phi) is 10.0. The molecule has 318 valence electrons. The fourth-order valence-electron chi connectivity index (χ4n) is 10.4. The number of hydrogen-bond donors (Lipinski definition) is 4. The molecule has 0 bridgehead atoms. The van der Waals surface area contributed by atoms with Gasteiger partial charge in [-0.25, -0.2) is 0 Å². The molecule has 0 spiro atoms. The van der Waals surface area contributed by atoms with Crippen LogP contribution in [0.4, 0.5) is 11.4 Å². The van der Waals surface area contributed by atoms with Gasteiger partial charge in [0.2, 0.25) is 0 Å². The molecule has 6 N–H and O–H groups in total. The van der Waals surface area contributed by atoms with Crippen LogP contribution in [-0.4, -0.2) is 10.2 Å². The van der Waals surface area contributed by atoms with Crippen molar-refractivity contribution in [1.82, 2.24) is 0 Å². The van der Waals surface area contributed by atoms with Crippen LogP contribution in [-0.2, 0) is 5.41 Å². The van der Waals surface area contributed by atoms with Crippen molar-refractivity contribution >= 4 is 11.4 Å². The van der Waals surface area contributed by atoms with Gasteiger partial charge in [0.25, 0.3) is 0 Å². The molecule has 0 radical (unpaired) electrons. The lowest BCUT2D eigenvalue weighted by Gasteiger charge is -2.36. The van der Waals surface area contributed by atoms with E-state index in [1.54, 1.807) is 0 Å². The molecule has 1 aliphatic rings. The first kappa shape index (κ1) is 40.7. The fourth-order valence-corrected chi connectivity index (χ4v) is 10.4. The lowest BCUT2D eigenvalue weighted by Crippen LogP contribution is -2.30. The minimum Gasteiger partial charge on any atom is -0.505 e. The van der Waals surface area contributed by atoms with E-state index < -0.39 is 5.41 Å². The predicted molar refractivity (Wildman–Crippen MR) is 276 cm³/mol. The first-order chi connectivity index (χ1) is 32.9. The number of benzene rings is 10. The summed E-state index contributed by atoms with van der Waals surface area (Å²) < 4.78 is 0. The smallest absolute Gasteiger partial charge is 0.146 e.